The van der Waals surface area contributed by atoms with Crippen molar-refractivity contribution in [1.29, 1.82) is 0 Å². The molecule has 1 aliphatic heterocycles. The van der Waals surface area contributed by atoms with E-state index in [9.17, 15) is 0 Å². The number of hydrogen-bond donors (Lipinski definition) is 1. The van der Waals surface area contributed by atoms with Gasteiger partial charge in [-0.15, -0.1) is 0 Å². The van der Waals surface area contributed by atoms with Crippen LogP contribution in [0.25, 0.3) is 0 Å². The maximum Gasteiger partial charge on any atom is 0.134 e. The van der Waals surface area contributed by atoms with Gasteiger partial charge in [0.1, 0.15) is 23.8 Å². The Labute approximate surface area is 143 Å². The van der Waals surface area contributed by atoms with E-state index in [0.717, 1.165) is 44.8 Å². The molecule has 7 nitrogen and oxygen atoms in total. The van der Waals surface area contributed by atoms with Gasteiger partial charge >= 0.3 is 0 Å². The largest absolute Gasteiger partial charge is 0.384 e. The van der Waals surface area contributed by atoms with E-state index in [0.29, 0.717) is 11.7 Å². The summed E-state index contributed by atoms with van der Waals surface area (Å²) in [4.78, 5) is 17.5. The van der Waals surface area contributed by atoms with E-state index in [1.807, 2.05) is 12.3 Å². The molecule has 0 spiro atoms. The van der Waals surface area contributed by atoms with Crippen molar-refractivity contribution in [2.75, 3.05) is 44.4 Å². The van der Waals surface area contributed by atoms with E-state index >= 15 is 0 Å². The quantitative estimate of drug-likeness (QED) is 0.867. The van der Waals surface area contributed by atoms with Gasteiger partial charge in [0.15, 0.2) is 0 Å². The molecule has 0 bridgehead atoms. The molecule has 3 rings (SSSR count). The number of anilines is 2. The predicted octanol–water partition coefficient (Wildman–Crippen LogP) is 1.59. The molecular weight excluding hydrogens is 302 g/mol. The van der Waals surface area contributed by atoms with Gasteiger partial charge in [0.25, 0.3) is 0 Å². The summed E-state index contributed by atoms with van der Waals surface area (Å²) < 4.78 is 2.31. The summed E-state index contributed by atoms with van der Waals surface area (Å²) in [6.07, 6.45) is 9.01. The van der Waals surface area contributed by atoms with Gasteiger partial charge in [-0.2, -0.15) is 0 Å². The lowest BCUT2D eigenvalue weighted by molar-refractivity contribution is 0.380. The van der Waals surface area contributed by atoms with Crippen molar-refractivity contribution in [2.45, 2.75) is 31.7 Å². The third-order valence-corrected chi connectivity index (χ3v) is 4.54. The Morgan fingerprint density at radius 2 is 2.17 bits per heavy atom. The molecule has 0 aromatic carbocycles. The highest BCUT2D eigenvalue weighted by atomic mass is 15.2. The van der Waals surface area contributed by atoms with Crippen molar-refractivity contribution >= 4 is 11.6 Å². The molecule has 7 heteroatoms. The minimum atomic E-state index is 0.435. The molecule has 1 fully saturated rings. The number of nitrogen functional groups attached to an aromatic ring is 1. The number of aryl methyl sites for hydroxylation is 1. The first kappa shape index (κ1) is 16.7. The molecule has 0 unspecified atom stereocenters. The summed E-state index contributed by atoms with van der Waals surface area (Å²) in [5.74, 6) is 3.06. The Kier molecular flexibility index (Phi) is 5.30. The minimum Gasteiger partial charge on any atom is -0.384 e. The van der Waals surface area contributed by atoms with Crippen molar-refractivity contribution < 1.29 is 0 Å². The number of aromatic nitrogens is 4. The van der Waals surface area contributed by atoms with Crippen molar-refractivity contribution in [1.82, 2.24) is 24.4 Å². The summed E-state index contributed by atoms with van der Waals surface area (Å²) in [7, 11) is 4.22. The maximum atomic E-state index is 5.80. The number of imidazole rings is 1. The van der Waals surface area contributed by atoms with E-state index in [2.05, 4.69) is 49.6 Å². The molecule has 2 aromatic rings. The van der Waals surface area contributed by atoms with Gasteiger partial charge in [0, 0.05) is 44.0 Å². The van der Waals surface area contributed by atoms with Crippen molar-refractivity contribution in [3.63, 3.8) is 0 Å². The first-order valence-electron chi connectivity index (χ1n) is 8.61. The monoisotopic (exact) mass is 329 g/mol. The fourth-order valence-electron chi connectivity index (χ4n) is 3.36. The normalized spacial score (nSPS) is 18.3. The van der Waals surface area contributed by atoms with Gasteiger partial charge in [0.2, 0.25) is 0 Å². The second kappa shape index (κ2) is 7.61. The third kappa shape index (κ3) is 4.03. The Morgan fingerprint density at radius 3 is 2.96 bits per heavy atom. The lowest BCUT2D eigenvalue weighted by atomic mass is 9.97. The summed E-state index contributed by atoms with van der Waals surface area (Å²) in [5.41, 5.74) is 5.80. The van der Waals surface area contributed by atoms with Crippen LogP contribution in [0, 0.1) is 0 Å². The number of hydrogen-bond acceptors (Lipinski definition) is 6. The van der Waals surface area contributed by atoms with Crippen LogP contribution in [-0.4, -0.2) is 58.1 Å². The van der Waals surface area contributed by atoms with Crippen molar-refractivity contribution in [3.05, 3.63) is 30.6 Å². The average molecular weight is 329 g/mol. The molecule has 2 N–H and O–H groups in total. The van der Waals surface area contributed by atoms with Gasteiger partial charge in [-0.25, -0.2) is 15.0 Å². The van der Waals surface area contributed by atoms with Crippen LogP contribution < -0.4 is 10.6 Å². The van der Waals surface area contributed by atoms with Gasteiger partial charge in [-0.05, 0) is 39.9 Å². The lowest BCUT2D eigenvalue weighted by Gasteiger charge is -2.33. The highest BCUT2D eigenvalue weighted by molar-refractivity contribution is 5.46. The van der Waals surface area contributed by atoms with Gasteiger partial charge < -0.3 is 20.1 Å². The minimum absolute atomic E-state index is 0.435. The predicted molar refractivity (Wildman–Crippen MR) is 96.0 cm³/mol. The molecule has 0 saturated carbocycles. The molecule has 1 saturated heterocycles. The molecule has 2 aromatic heterocycles. The Balaban J connectivity index is 1.68. The van der Waals surface area contributed by atoms with Crippen LogP contribution in [-0.2, 0) is 6.54 Å². The van der Waals surface area contributed by atoms with E-state index in [1.165, 1.54) is 18.6 Å². The third-order valence-electron chi connectivity index (χ3n) is 4.54. The maximum absolute atomic E-state index is 5.80. The Hall–Kier alpha value is -2.15. The molecule has 24 heavy (non-hydrogen) atoms. The van der Waals surface area contributed by atoms with Crippen LogP contribution >= 0.6 is 0 Å². The summed E-state index contributed by atoms with van der Waals surface area (Å²) in [6, 6.07) is 1.85. The second-order valence-electron chi connectivity index (χ2n) is 6.72. The number of nitrogens with two attached hydrogens (primary N) is 1. The van der Waals surface area contributed by atoms with Gasteiger partial charge in [-0.1, -0.05) is 0 Å². The van der Waals surface area contributed by atoms with Crippen LogP contribution in [0.3, 0.4) is 0 Å². The molecule has 0 radical (unpaired) electrons. The molecular formula is C17H27N7. The zero-order chi connectivity index (χ0) is 16.9. The zero-order valence-electron chi connectivity index (χ0n) is 14.6. The number of nitrogens with zero attached hydrogens (tertiary/aromatic N) is 6. The van der Waals surface area contributed by atoms with E-state index in [-0.39, 0.29) is 0 Å². The topological polar surface area (TPSA) is 76.1 Å². The van der Waals surface area contributed by atoms with E-state index in [1.54, 1.807) is 0 Å². The van der Waals surface area contributed by atoms with Gasteiger partial charge in [-0.3, -0.25) is 0 Å². The Morgan fingerprint density at radius 1 is 1.29 bits per heavy atom. The lowest BCUT2D eigenvalue weighted by Crippen LogP contribution is -2.36. The van der Waals surface area contributed by atoms with Crippen LogP contribution in [0.1, 0.15) is 31.0 Å². The molecule has 0 amide bonds. The Bertz CT molecular complexity index is 652. The summed E-state index contributed by atoms with van der Waals surface area (Å²) in [5, 5.41) is 0. The van der Waals surface area contributed by atoms with Gasteiger partial charge in [0.05, 0.1) is 0 Å². The van der Waals surface area contributed by atoms with Crippen molar-refractivity contribution in [2.24, 2.45) is 0 Å². The van der Waals surface area contributed by atoms with E-state index < -0.39 is 0 Å². The first-order chi connectivity index (χ1) is 11.6. The molecule has 1 atom stereocenters. The van der Waals surface area contributed by atoms with E-state index in [4.69, 9.17) is 5.73 Å². The second-order valence-corrected chi connectivity index (χ2v) is 6.72. The summed E-state index contributed by atoms with van der Waals surface area (Å²) in [6.45, 7) is 4.05. The standard InChI is InChI=1S/C17H27N7/c1-22(2)7-4-9-23-10-6-19-17(23)14-5-3-8-24(12-14)16-11-15(18)20-13-21-16/h6,10-11,13-14H,3-5,7-9,12H2,1-2H3,(H2,18,20,21)/t14-/m0/s1. The SMILES string of the molecule is CN(C)CCCn1ccnc1[C@H]1CCCN(c2cc(N)ncn2)C1. The smallest absolute Gasteiger partial charge is 0.134 e. The fraction of sp³-hybridized carbons (Fsp3) is 0.588. The molecule has 0 aliphatic carbocycles. The zero-order valence-corrected chi connectivity index (χ0v) is 14.6. The number of piperidine rings is 1. The summed E-state index contributed by atoms with van der Waals surface area (Å²) >= 11 is 0. The van der Waals surface area contributed by atoms with Crippen LogP contribution in [0.15, 0.2) is 24.8 Å². The van der Waals surface area contributed by atoms with Crippen LogP contribution in [0.2, 0.25) is 0 Å². The van der Waals surface area contributed by atoms with Crippen LogP contribution in [0.5, 0.6) is 0 Å². The van der Waals surface area contributed by atoms with Crippen molar-refractivity contribution in [3.8, 4) is 0 Å². The highest BCUT2D eigenvalue weighted by Gasteiger charge is 2.25. The molecule has 1 aliphatic rings. The van der Waals surface area contributed by atoms with Crippen LogP contribution in [0.4, 0.5) is 11.6 Å². The molecule has 130 valence electrons. The highest BCUT2D eigenvalue weighted by Crippen LogP contribution is 2.28. The fourth-order valence-corrected chi connectivity index (χ4v) is 3.36. The average Bonchev–Trinajstić information content (AvgIpc) is 3.03. The number of rotatable bonds is 6. The molecule has 3 heterocycles. The first-order valence-corrected chi connectivity index (χ1v) is 8.61.